The lowest BCUT2D eigenvalue weighted by Crippen LogP contribution is -2.31. The van der Waals surface area contributed by atoms with Gasteiger partial charge in [0.1, 0.15) is 11.2 Å². The molecular formula is C15H20ClN3O4. The molecule has 1 aliphatic rings. The van der Waals surface area contributed by atoms with E-state index in [1.165, 1.54) is 6.07 Å². The average molecular weight is 342 g/mol. The van der Waals surface area contributed by atoms with Gasteiger partial charge in [-0.2, -0.15) is 0 Å². The van der Waals surface area contributed by atoms with Gasteiger partial charge in [-0.25, -0.2) is 4.79 Å². The smallest absolute Gasteiger partial charge is 0.342 e. The van der Waals surface area contributed by atoms with E-state index >= 15 is 0 Å². The molecule has 0 amide bonds. The first kappa shape index (κ1) is 17.5. The molecule has 0 aromatic carbocycles. The first-order chi connectivity index (χ1) is 10.7. The molecule has 0 N–H and O–H groups in total. The molecule has 1 saturated heterocycles. The van der Waals surface area contributed by atoms with Gasteiger partial charge in [-0.3, -0.25) is 4.79 Å². The van der Waals surface area contributed by atoms with Crippen LogP contribution in [0, 0.1) is 5.92 Å². The summed E-state index contributed by atoms with van der Waals surface area (Å²) in [5.74, 6) is -0.699. The minimum atomic E-state index is -0.641. The van der Waals surface area contributed by atoms with E-state index in [1.54, 1.807) is 32.7 Å². The molecule has 0 bridgehead atoms. The van der Waals surface area contributed by atoms with Crippen molar-refractivity contribution in [2.75, 3.05) is 25.1 Å². The quantitative estimate of drug-likeness (QED) is 0.775. The van der Waals surface area contributed by atoms with Gasteiger partial charge in [0.25, 0.3) is 0 Å². The molecule has 23 heavy (non-hydrogen) atoms. The van der Waals surface area contributed by atoms with Gasteiger partial charge < -0.3 is 14.4 Å². The Morgan fingerprint density at radius 1 is 1.48 bits per heavy atom. The van der Waals surface area contributed by atoms with Crippen molar-refractivity contribution in [3.05, 3.63) is 16.8 Å². The van der Waals surface area contributed by atoms with Crippen molar-refractivity contribution in [1.82, 2.24) is 10.2 Å². The molecule has 1 unspecified atom stereocenters. The van der Waals surface area contributed by atoms with Gasteiger partial charge >= 0.3 is 11.9 Å². The molecule has 0 saturated carbocycles. The number of aromatic nitrogens is 2. The number of esters is 2. The third-order valence-electron chi connectivity index (χ3n) is 3.26. The maximum atomic E-state index is 12.4. The highest BCUT2D eigenvalue weighted by Crippen LogP contribution is 2.24. The molecule has 1 aromatic heterocycles. The van der Waals surface area contributed by atoms with Crippen molar-refractivity contribution < 1.29 is 19.1 Å². The summed E-state index contributed by atoms with van der Waals surface area (Å²) < 4.78 is 10.3. The molecule has 0 radical (unpaired) electrons. The molecule has 126 valence electrons. The molecule has 1 atom stereocenters. The highest BCUT2D eigenvalue weighted by molar-refractivity contribution is 6.29. The Labute approximate surface area is 139 Å². The molecule has 2 heterocycles. The fourth-order valence-corrected chi connectivity index (χ4v) is 2.39. The summed E-state index contributed by atoms with van der Waals surface area (Å²) >= 11 is 5.86. The third-order valence-corrected chi connectivity index (χ3v) is 3.45. The molecule has 7 nitrogen and oxygen atoms in total. The van der Waals surface area contributed by atoms with Gasteiger partial charge in [-0.15, -0.1) is 10.2 Å². The van der Waals surface area contributed by atoms with Crippen LogP contribution in [0.2, 0.25) is 5.15 Å². The fraction of sp³-hybridized carbons (Fsp3) is 0.600. The Kier molecular flexibility index (Phi) is 5.09. The topological polar surface area (TPSA) is 81.6 Å². The number of ether oxygens (including phenoxy) is 2. The third kappa shape index (κ3) is 4.54. The maximum absolute atomic E-state index is 12.4. The standard InChI is InChI=1S/C15H20ClN3O4/c1-15(2,3)23-14(21)10-7-11(16)17-18-12(10)19(4)8-9-5-6-22-13(9)20/h7,9H,5-6,8H2,1-4H3. The summed E-state index contributed by atoms with van der Waals surface area (Å²) in [6.07, 6.45) is 0.645. The van der Waals surface area contributed by atoms with Crippen molar-refractivity contribution in [2.24, 2.45) is 5.92 Å². The van der Waals surface area contributed by atoms with Crippen LogP contribution in [0.3, 0.4) is 0 Å². The Morgan fingerprint density at radius 3 is 2.74 bits per heavy atom. The van der Waals surface area contributed by atoms with Crippen LogP contribution in [0.25, 0.3) is 0 Å². The van der Waals surface area contributed by atoms with E-state index < -0.39 is 11.6 Å². The number of halogens is 1. The monoisotopic (exact) mass is 341 g/mol. The van der Waals surface area contributed by atoms with E-state index in [-0.39, 0.29) is 22.6 Å². The Morgan fingerprint density at radius 2 is 2.17 bits per heavy atom. The molecule has 0 spiro atoms. The predicted octanol–water partition coefficient (Wildman–Crippen LogP) is 2.08. The molecule has 0 aliphatic carbocycles. The fourth-order valence-electron chi connectivity index (χ4n) is 2.25. The largest absolute Gasteiger partial charge is 0.465 e. The summed E-state index contributed by atoms with van der Waals surface area (Å²) in [5.41, 5.74) is -0.424. The summed E-state index contributed by atoms with van der Waals surface area (Å²) in [5, 5.41) is 7.87. The zero-order valence-electron chi connectivity index (χ0n) is 13.6. The van der Waals surface area contributed by atoms with E-state index in [9.17, 15) is 9.59 Å². The van der Waals surface area contributed by atoms with Crippen molar-refractivity contribution in [3.63, 3.8) is 0 Å². The number of carbonyl (C=O) groups is 2. The SMILES string of the molecule is CN(CC1CCOC1=O)c1nnc(Cl)cc1C(=O)OC(C)(C)C. The van der Waals surface area contributed by atoms with Crippen molar-refractivity contribution in [3.8, 4) is 0 Å². The van der Waals surface area contributed by atoms with Gasteiger partial charge in [0.2, 0.25) is 0 Å². The van der Waals surface area contributed by atoms with Crippen LogP contribution in [0.1, 0.15) is 37.6 Å². The second kappa shape index (κ2) is 6.70. The van der Waals surface area contributed by atoms with Crippen LogP contribution in [0.4, 0.5) is 5.82 Å². The Hall–Kier alpha value is -1.89. The molecule has 1 fully saturated rings. The van der Waals surface area contributed by atoms with Gasteiger partial charge in [-0.1, -0.05) is 11.6 Å². The average Bonchev–Trinajstić information content (AvgIpc) is 2.82. The summed E-state index contributed by atoms with van der Waals surface area (Å²) in [6, 6.07) is 1.42. The molecule has 1 aliphatic heterocycles. The van der Waals surface area contributed by atoms with Crippen LogP contribution in [-0.2, 0) is 14.3 Å². The Bertz CT molecular complexity index is 615. The van der Waals surface area contributed by atoms with Crippen molar-refractivity contribution in [1.29, 1.82) is 0 Å². The van der Waals surface area contributed by atoms with Crippen LogP contribution < -0.4 is 4.90 Å². The molecular weight excluding hydrogens is 322 g/mol. The van der Waals surface area contributed by atoms with Gasteiger partial charge in [0.15, 0.2) is 11.0 Å². The number of anilines is 1. The Balaban J connectivity index is 2.23. The number of hydrogen-bond donors (Lipinski definition) is 0. The van der Waals surface area contributed by atoms with Crippen molar-refractivity contribution in [2.45, 2.75) is 32.8 Å². The number of hydrogen-bond acceptors (Lipinski definition) is 7. The van der Waals surface area contributed by atoms with E-state index in [4.69, 9.17) is 21.1 Å². The van der Waals surface area contributed by atoms with E-state index in [0.29, 0.717) is 25.4 Å². The number of rotatable bonds is 4. The zero-order valence-corrected chi connectivity index (χ0v) is 14.4. The summed E-state index contributed by atoms with van der Waals surface area (Å²) in [7, 11) is 1.73. The van der Waals surface area contributed by atoms with Crippen molar-refractivity contribution >= 4 is 29.4 Å². The highest BCUT2D eigenvalue weighted by Gasteiger charge is 2.30. The molecule has 1 aromatic rings. The van der Waals surface area contributed by atoms with Gasteiger partial charge in [-0.05, 0) is 33.3 Å². The lowest BCUT2D eigenvalue weighted by Gasteiger charge is -2.24. The van der Waals surface area contributed by atoms with E-state index in [2.05, 4.69) is 10.2 Å². The van der Waals surface area contributed by atoms with E-state index in [1.807, 2.05) is 0 Å². The summed E-state index contributed by atoms with van der Waals surface area (Å²) in [4.78, 5) is 25.7. The first-order valence-corrected chi connectivity index (χ1v) is 7.69. The minimum Gasteiger partial charge on any atom is -0.465 e. The van der Waals surface area contributed by atoms with Crippen LogP contribution in [0.15, 0.2) is 6.07 Å². The minimum absolute atomic E-state index is 0.100. The number of nitrogens with zero attached hydrogens (tertiary/aromatic N) is 3. The second-order valence-electron chi connectivity index (χ2n) is 6.44. The number of carbonyl (C=O) groups excluding carboxylic acids is 2. The zero-order chi connectivity index (χ0) is 17.2. The van der Waals surface area contributed by atoms with Crippen LogP contribution >= 0.6 is 11.6 Å². The summed E-state index contributed by atoms with van der Waals surface area (Å²) in [6.45, 7) is 6.13. The van der Waals surface area contributed by atoms with Crippen LogP contribution in [-0.4, -0.2) is 47.9 Å². The molecule has 2 rings (SSSR count). The van der Waals surface area contributed by atoms with Gasteiger partial charge in [0.05, 0.1) is 12.5 Å². The maximum Gasteiger partial charge on any atom is 0.342 e. The molecule has 8 heteroatoms. The number of cyclic esters (lactones) is 1. The lowest BCUT2D eigenvalue weighted by atomic mass is 10.1. The first-order valence-electron chi connectivity index (χ1n) is 7.32. The predicted molar refractivity (Wildman–Crippen MR) is 84.5 cm³/mol. The van der Waals surface area contributed by atoms with Crippen LogP contribution in [0.5, 0.6) is 0 Å². The van der Waals surface area contributed by atoms with Gasteiger partial charge in [0, 0.05) is 13.6 Å². The highest BCUT2D eigenvalue weighted by atomic mass is 35.5. The lowest BCUT2D eigenvalue weighted by molar-refractivity contribution is -0.140. The normalized spacial score (nSPS) is 17.8. The second-order valence-corrected chi connectivity index (χ2v) is 6.83. The van der Waals surface area contributed by atoms with E-state index in [0.717, 1.165) is 0 Å².